The average molecular weight is 183 g/mol. The Morgan fingerprint density at radius 1 is 1.54 bits per heavy atom. The van der Waals surface area contributed by atoms with E-state index in [1.54, 1.807) is 0 Å². The number of hydrogen-bond donors (Lipinski definition) is 1. The Morgan fingerprint density at radius 3 is 2.77 bits per heavy atom. The summed E-state index contributed by atoms with van der Waals surface area (Å²) in [5, 5.41) is 8.32. The quantitative estimate of drug-likeness (QED) is 0.758. The normalized spacial score (nSPS) is 10.0. The van der Waals surface area contributed by atoms with E-state index in [4.69, 9.17) is 11.0 Å². The van der Waals surface area contributed by atoms with Gasteiger partial charge in [0.1, 0.15) is 5.69 Å². The summed E-state index contributed by atoms with van der Waals surface area (Å²) in [6.45, 7) is 0. The van der Waals surface area contributed by atoms with Gasteiger partial charge < -0.3 is 5.73 Å². The number of halogens is 2. The second-order valence-corrected chi connectivity index (χ2v) is 2.45. The van der Waals surface area contributed by atoms with Gasteiger partial charge >= 0.3 is 0 Å². The van der Waals surface area contributed by atoms with Gasteiger partial charge in [-0.15, -0.1) is 0 Å². The van der Waals surface area contributed by atoms with Crippen LogP contribution in [0.25, 0.3) is 0 Å². The molecule has 0 atom stereocenters. The molecule has 3 nitrogen and oxygen atoms in total. The molecule has 1 aromatic rings. The lowest BCUT2D eigenvalue weighted by Crippen LogP contribution is -1.98. The van der Waals surface area contributed by atoms with Crippen molar-refractivity contribution < 1.29 is 8.78 Å². The Morgan fingerprint density at radius 2 is 2.23 bits per heavy atom. The molecule has 0 aromatic carbocycles. The van der Waals surface area contributed by atoms with Gasteiger partial charge in [0.05, 0.1) is 18.2 Å². The molecule has 2 N–H and O–H groups in total. The Bertz CT molecular complexity index is 344. The standard InChI is InChI=1S/C8H7F2N3/c9-8(10)7-4-5(12)3-6(13-7)1-2-11/h3-4,8H,1H2,(H2,12,13). The second kappa shape index (κ2) is 3.81. The Hall–Kier alpha value is -1.70. The smallest absolute Gasteiger partial charge is 0.280 e. The van der Waals surface area contributed by atoms with Crippen LogP contribution in [-0.4, -0.2) is 4.98 Å². The number of nitrogens with two attached hydrogens (primary N) is 1. The van der Waals surface area contributed by atoms with Gasteiger partial charge in [0.2, 0.25) is 0 Å². The molecule has 1 aromatic heterocycles. The molecule has 13 heavy (non-hydrogen) atoms. The third-order valence-corrected chi connectivity index (χ3v) is 1.40. The molecule has 0 saturated carbocycles. The van der Waals surface area contributed by atoms with Crippen molar-refractivity contribution in [3.63, 3.8) is 0 Å². The minimum Gasteiger partial charge on any atom is -0.399 e. The number of anilines is 1. The lowest BCUT2D eigenvalue weighted by molar-refractivity contribution is 0.146. The second-order valence-electron chi connectivity index (χ2n) is 2.45. The van der Waals surface area contributed by atoms with Gasteiger partial charge in [0.25, 0.3) is 6.43 Å². The molecule has 1 heterocycles. The molecule has 0 aliphatic carbocycles. The summed E-state index contributed by atoms with van der Waals surface area (Å²) in [6, 6.07) is 4.33. The Balaban J connectivity index is 3.05. The van der Waals surface area contributed by atoms with E-state index >= 15 is 0 Å². The summed E-state index contributed by atoms with van der Waals surface area (Å²) in [7, 11) is 0. The minimum atomic E-state index is -2.65. The molecule has 5 heteroatoms. The molecular formula is C8H7F2N3. The van der Waals surface area contributed by atoms with Crippen molar-refractivity contribution in [2.45, 2.75) is 12.8 Å². The van der Waals surface area contributed by atoms with Crippen LogP contribution in [0.3, 0.4) is 0 Å². The molecule has 1 rings (SSSR count). The molecule has 0 bridgehead atoms. The highest BCUT2D eigenvalue weighted by molar-refractivity contribution is 5.41. The number of rotatable bonds is 2. The first kappa shape index (κ1) is 9.39. The summed E-state index contributed by atoms with van der Waals surface area (Å²) in [6.07, 6.45) is -2.66. The predicted molar refractivity (Wildman–Crippen MR) is 42.9 cm³/mol. The lowest BCUT2D eigenvalue weighted by atomic mass is 10.2. The zero-order valence-electron chi connectivity index (χ0n) is 6.67. The maximum absolute atomic E-state index is 12.2. The molecule has 0 spiro atoms. The zero-order chi connectivity index (χ0) is 9.84. The average Bonchev–Trinajstić information content (AvgIpc) is 2.03. The van der Waals surface area contributed by atoms with E-state index in [1.807, 2.05) is 6.07 Å². The topological polar surface area (TPSA) is 62.7 Å². The van der Waals surface area contributed by atoms with Crippen molar-refractivity contribution in [1.82, 2.24) is 4.98 Å². The number of aromatic nitrogens is 1. The van der Waals surface area contributed by atoms with E-state index in [1.165, 1.54) is 6.07 Å². The number of hydrogen-bond acceptors (Lipinski definition) is 3. The van der Waals surface area contributed by atoms with Crippen LogP contribution in [0.2, 0.25) is 0 Å². The number of alkyl halides is 2. The van der Waals surface area contributed by atoms with Gasteiger partial charge in [-0.2, -0.15) is 5.26 Å². The van der Waals surface area contributed by atoms with Crippen LogP contribution in [0.4, 0.5) is 14.5 Å². The fourth-order valence-corrected chi connectivity index (χ4v) is 0.919. The monoisotopic (exact) mass is 183 g/mol. The third kappa shape index (κ3) is 2.37. The maximum Gasteiger partial charge on any atom is 0.280 e. The van der Waals surface area contributed by atoms with Crippen LogP contribution < -0.4 is 5.73 Å². The van der Waals surface area contributed by atoms with E-state index in [9.17, 15) is 8.78 Å². The number of nitrogens with zero attached hydrogens (tertiary/aromatic N) is 2. The van der Waals surface area contributed by atoms with E-state index in [0.717, 1.165) is 6.07 Å². The van der Waals surface area contributed by atoms with E-state index in [0.29, 0.717) is 0 Å². The summed E-state index contributed by atoms with van der Waals surface area (Å²) in [5.74, 6) is 0. The van der Waals surface area contributed by atoms with E-state index in [-0.39, 0.29) is 23.5 Å². The molecule has 0 amide bonds. The van der Waals surface area contributed by atoms with Crippen molar-refractivity contribution in [3.8, 4) is 6.07 Å². The maximum atomic E-state index is 12.2. The van der Waals surface area contributed by atoms with Crippen LogP contribution in [0.15, 0.2) is 12.1 Å². The molecule has 0 saturated heterocycles. The first-order valence-electron chi connectivity index (χ1n) is 3.55. The van der Waals surface area contributed by atoms with Crippen LogP contribution in [0.1, 0.15) is 17.8 Å². The largest absolute Gasteiger partial charge is 0.399 e. The Kier molecular flexibility index (Phi) is 2.75. The molecule has 68 valence electrons. The molecule has 0 fully saturated rings. The molecular weight excluding hydrogens is 176 g/mol. The fraction of sp³-hybridized carbons (Fsp3) is 0.250. The summed E-state index contributed by atoms with van der Waals surface area (Å²) < 4.78 is 24.3. The van der Waals surface area contributed by atoms with Crippen LogP contribution in [0, 0.1) is 11.3 Å². The Labute approximate surface area is 73.8 Å². The van der Waals surface area contributed by atoms with Crippen molar-refractivity contribution in [3.05, 3.63) is 23.5 Å². The fourth-order valence-electron chi connectivity index (χ4n) is 0.919. The summed E-state index contributed by atoms with van der Waals surface area (Å²) >= 11 is 0. The predicted octanol–water partition coefficient (Wildman–Crippen LogP) is 1.67. The van der Waals surface area contributed by atoms with Gasteiger partial charge in [-0.1, -0.05) is 0 Å². The first-order valence-corrected chi connectivity index (χ1v) is 3.55. The van der Waals surface area contributed by atoms with Crippen LogP contribution >= 0.6 is 0 Å². The van der Waals surface area contributed by atoms with Crippen LogP contribution in [0.5, 0.6) is 0 Å². The van der Waals surface area contributed by atoms with Gasteiger partial charge in [-0.3, -0.25) is 4.98 Å². The molecule has 0 aliphatic heterocycles. The zero-order valence-corrected chi connectivity index (χ0v) is 6.67. The highest BCUT2D eigenvalue weighted by atomic mass is 19.3. The summed E-state index contributed by atoms with van der Waals surface area (Å²) in [5.41, 5.74) is 5.44. The van der Waals surface area contributed by atoms with Gasteiger partial charge in [-0.05, 0) is 12.1 Å². The highest BCUT2D eigenvalue weighted by Crippen LogP contribution is 2.19. The summed E-state index contributed by atoms with van der Waals surface area (Å²) in [4.78, 5) is 3.57. The van der Waals surface area contributed by atoms with Crippen molar-refractivity contribution in [1.29, 1.82) is 5.26 Å². The molecule has 0 radical (unpaired) electrons. The van der Waals surface area contributed by atoms with Crippen LogP contribution in [-0.2, 0) is 6.42 Å². The number of pyridine rings is 1. The minimum absolute atomic E-state index is 0.00917. The van der Waals surface area contributed by atoms with Gasteiger partial charge in [-0.25, -0.2) is 8.78 Å². The lowest BCUT2D eigenvalue weighted by Gasteiger charge is -2.02. The molecule has 0 unspecified atom stereocenters. The number of nitriles is 1. The van der Waals surface area contributed by atoms with Crippen molar-refractivity contribution in [2.24, 2.45) is 0 Å². The SMILES string of the molecule is N#CCc1cc(N)cc(C(F)F)n1. The van der Waals surface area contributed by atoms with Gasteiger partial charge in [0.15, 0.2) is 0 Å². The third-order valence-electron chi connectivity index (χ3n) is 1.40. The van der Waals surface area contributed by atoms with E-state index < -0.39 is 6.43 Å². The van der Waals surface area contributed by atoms with E-state index in [2.05, 4.69) is 4.98 Å². The molecule has 0 aliphatic rings. The van der Waals surface area contributed by atoms with Gasteiger partial charge in [0, 0.05) is 5.69 Å². The van der Waals surface area contributed by atoms with Crippen molar-refractivity contribution >= 4 is 5.69 Å². The number of nitrogen functional groups attached to an aromatic ring is 1. The highest BCUT2D eigenvalue weighted by Gasteiger charge is 2.10. The van der Waals surface area contributed by atoms with Crippen molar-refractivity contribution in [2.75, 3.05) is 5.73 Å². The first-order chi connectivity index (χ1) is 6.13.